The van der Waals surface area contributed by atoms with Gasteiger partial charge in [0, 0.05) is 38.0 Å². The summed E-state index contributed by atoms with van der Waals surface area (Å²) in [4.78, 5) is 25.1. The van der Waals surface area contributed by atoms with Gasteiger partial charge in [-0.1, -0.05) is 12.1 Å². The van der Waals surface area contributed by atoms with E-state index in [4.69, 9.17) is 4.52 Å². The zero-order valence-corrected chi connectivity index (χ0v) is 12.4. The molecule has 110 valence electrons. The molecule has 0 spiro atoms. The van der Waals surface area contributed by atoms with Gasteiger partial charge in [-0.3, -0.25) is 9.59 Å². The van der Waals surface area contributed by atoms with Crippen LogP contribution in [0.2, 0.25) is 0 Å². The molecule has 2 atom stereocenters. The van der Waals surface area contributed by atoms with Crippen molar-refractivity contribution in [1.82, 2.24) is 15.4 Å². The lowest BCUT2D eigenvalue weighted by Gasteiger charge is -2.15. The molecule has 0 unspecified atom stereocenters. The monoisotopic (exact) mass is 279 g/mol. The summed E-state index contributed by atoms with van der Waals surface area (Å²) in [5.74, 6) is 0.676. The molecule has 20 heavy (non-hydrogen) atoms. The van der Waals surface area contributed by atoms with E-state index in [9.17, 15) is 9.59 Å². The van der Waals surface area contributed by atoms with Crippen LogP contribution in [-0.2, 0) is 9.59 Å². The molecule has 1 aliphatic heterocycles. The summed E-state index contributed by atoms with van der Waals surface area (Å²) >= 11 is 0. The molecule has 0 radical (unpaired) electrons. The molecule has 1 aliphatic rings. The number of likely N-dealkylation sites (tertiary alicyclic amines) is 1. The topological polar surface area (TPSA) is 75.4 Å². The number of hydrogen-bond acceptors (Lipinski definition) is 4. The van der Waals surface area contributed by atoms with Gasteiger partial charge < -0.3 is 14.7 Å². The normalized spacial score (nSPS) is 20.3. The summed E-state index contributed by atoms with van der Waals surface area (Å²) in [6, 6.07) is 0. The second-order valence-corrected chi connectivity index (χ2v) is 5.56. The number of hydrogen-bond donors (Lipinski definition) is 1. The lowest BCUT2D eigenvalue weighted by molar-refractivity contribution is -0.128. The Hall–Kier alpha value is -1.85. The van der Waals surface area contributed by atoms with Gasteiger partial charge in [-0.25, -0.2) is 0 Å². The van der Waals surface area contributed by atoms with E-state index in [2.05, 4.69) is 10.5 Å². The average molecular weight is 279 g/mol. The predicted molar refractivity (Wildman–Crippen MR) is 73.1 cm³/mol. The highest BCUT2D eigenvalue weighted by Crippen LogP contribution is 2.23. The van der Waals surface area contributed by atoms with Gasteiger partial charge in [-0.2, -0.15) is 0 Å². The van der Waals surface area contributed by atoms with E-state index in [1.54, 1.807) is 11.9 Å². The minimum Gasteiger partial charge on any atom is -0.361 e. The van der Waals surface area contributed by atoms with E-state index in [1.807, 2.05) is 20.8 Å². The van der Waals surface area contributed by atoms with Crippen LogP contribution in [0, 0.1) is 19.8 Å². The van der Waals surface area contributed by atoms with Crippen molar-refractivity contribution < 1.29 is 14.1 Å². The van der Waals surface area contributed by atoms with Gasteiger partial charge in [0.1, 0.15) is 5.76 Å². The summed E-state index contributed by atoms with van der Waals surface area (Å²) in [6.07, 6.45) is 0.308. The minimum absolute atomic E-state index is 0.0314. The molecular weight excluding hydrogens is 258 g/mol. The molecule has 1 fully saturated rings. The highest BCUT2D eigenvalue weighted by Gasteiger charge is 2.32. The molecule has 0 aliphatic carbocycles. The van der Waals surface area contributed by atoms with Crippen molar-refractivity contribution in [2.24, 2.45) is 5.92 Å². The van der Waals surface area contributed by atoms with Gasteiger partial charge in [-0.15, -0.1) is 0 Å². The minimum atomic E-state index is -0.232. The Morgan fingerprint density at radius 3 is 2.75 bits per heavy atom. The third kappa shape index (κ3) is 2.84. The highest BCUT2D eigenvalue weighted by atomic mass is 16.5. The van der Waals surface area contributed by atoms with Crippen LogP contribution in [0.4, 0.5) is 0 Å². The number of nitrogens with one attached hydrogen (secondary N) is 1. The van der Waals surface area contributed by atoms with E-state index < -0.39 is 0 Å². The Balaban J connectivity index is 1.89. The molecule has 1 saturated heterocycles. The molecule has 6 heteroatoms. The zero-order chi connectivity index (χ0) is 14.9. The largest absolute Gasteiger partial charge is 0.361 e. The molecule has 1 aromatic rings. The summed E-state index contributed by atoms with van der Waals surface area (Å²) in [5.41, 5.74) is 1.91. The Bertz CT molecular complexity index is 504. The first-order valence-electron chi connectivity index (χ1n) is 6.84. The van der Waals surface area contributed by atoms with Crippen LogP contribution >= 0.6 is 0 Å². The van der Waals surface area contributed by atoms with Gasteiger partial charge in [0.2, 0.25) is 11.8 Å². The van der Waals surface area contributed by atoms with Gasteiger partial charge in [0.25, 0.3) is 0 Å². The first-order chi connectivity index (χ1) is 9.40. The Labute approximate surface area is 118 Å². The van der Waals surface area contributed by atoms with Crippen LogP contribution in [-0.4, -0.2) is 42.0 Å². The van der Waals surface area contributed by atoms with Crippen LogP contribution in [0.25, 0.3) is 0 Å². The lowest BCUT2D eigenvalue weighted by atomic mass is 9.99. The second kappa shape index (κ2) is 5.64. The number of carbonyl (C=O) groups excluding carboxylic acids is 2. The summed E-state index contributed by atoms with van der Waals surface area (Å²) in [7, 11) is 1.72. The number of amides is 2. The van der Waals surface area contributed by atoms with Crippen molar-refractivity contribution in [3.63, 3.8) is 0 Å². The van der Waals surface area contributed by atoms with Crippen molar-refractivity contribution in [2.45, 2.75) is 33.1 Å². The van der Waals surface area contributed by atoms with Crippen molar-refractivity contribution >= 4 is 11.8 Å². The van der Waals surface area contributed by atoms with E-state index in [0.29, 0.717) is 19.5 Å². The van der Waals surface area contributed by atoms with E-state index in [1.165, 1.54) is 0 Å². The fourth-order valence-electron chi connectivity index (χ4n) is 2.73. The van der Waals surface area contributed by atoms with Gasteiger partial charge in [0.15, 0.2) is 0 Å². The fourth-order valence-corrected chi connectivity index (χ4v) is 2.73. The smallest absolute Gasteiger partial charge is 0.225 e. The van der Waals surface area contributed by atoms with Crippen LogP contribution in [0.15, 0.2) is 4.52 Å². The molecule has 0 aromatic carbocycles. The van der Waals surface area contributed by atoms with E-state index in [-0.39, 0.29) is 23.7 Å². The maximum Gasteiger partial charge on any atom is 0.225 e. The first kappa shape index (κ1) is 14.6. The van der Waals surface area contributed by atoms with Crippen LogP contribution in [0.1, 0.15) is 36.3 Å². The Morgan fingerprint density at radius 1 is 1.55 bits per heavy atom. The quantitative estimate of drug-likeness (QED) is 0.891. The molecule has 0 saturated carbocycles. The number of nitrogens with zero attached hydrogens (tertiary/aromatic N) is 2. The molecule has 1 aromatic heterocycles. The van der Waals surface area contributed by atoms with Crippen molar-refractivity contribution in [3.05, 3.63) is 17.0 Å². The molecule has 0 bridgehead atoms. The van der Waals surface area contributed by atoms with Gasteiger partial charge >= 0.3 is 0 Å². The van der Waals surface area contributed by atoms with Crippen LogP contribution in [0.5, 0.6) is 0 Å². The number of aryl methyl sites for hydroxylation is 2. The third-order valence-corrected chi connectivity index (χ3v) is 3.88. The van der Waals surface area contributed by atoms with E-state index >= 15 is 0 Å². The second-order valence-electron chi connectivity index (χ2n) is 5.56. The predicted octanol–water partition coefficient (Wildman–Crippen LogP) is 0.989. The number of carbonyl (C=O) groups is 2. The Morgan fingerprint density at radius 2 is 2.25 bits per heavy atom. The van der Waals surface area contributed by atoms with Gasteiger partial charge in [0.05, 0.1) is 11.6 Å². The van der Waals surface area contributed by atoms with Crippen molar-refractivity contribution in [1.29, 1.82) is 0 Å². The molecule has 2 heterocycles. The van der Waals surface area contributed by atoms with Crippen molar-refractivity contribution in [2.75, 3.05) is 20.1 Å². The molecular formula is C14H21N3O3. The first-order valence-corrected chi connectivity index (χ1v) is 6.84. The molecule has 1 N–H and O–H groups in total. The highest BCUT2D eigenvalue weighted by molar-refractivity contribution is 5.89. The van der Waals surface area contributed by atoms with Crippen LogP contribution in [0.3, 0.4) is 0 Å². The van der Waals surface area contributed by atoms with Crippen molar-refractivity contribution in [3.8, 4) is 0 Å². The molecule has 2 rings (SSSR count). The molecule has 6 nitrogen and oxygen atoms in total. The van der Waals surface area contributed by atoms with E-state index in [0.717, 1.165) is 17.0 Å². The average Bonchev–Trinajstić information content (AvgIpc) is 2.90. The lowest BCUT2D eigenvalue weighted by Crippen LogP contribution is -2.34. The summed E-state index contributed by atoms with van der Waals surface area (Å²) < 4.78 is 5.14. The third-order valence-electron chi connectivity index (χ3n) is 3.88. The standard InChI is InChI=1S/C14H21N3O3/c1-8(13-9(2)16-20-10(13)3)6-15-14(19)11-5-12(18)17(4)7-11/h8,11H,5-7H2,1-4H3,(H,15,19)/t8-,11-/m1/s1. The van der Waals surface area contributed by atoms with Gasteiger partial charge in [-0.05, 0) is 13.8 Å². The summed E-state index contributed by atoms with van der Waals surface area (Å²) in [6.45, 7) is 6.83. The number of aromatic nitrogens is 1. The molecule has 2 amide bonds. The summed E-state index contributed by atoms with van der Waals surface area (Å²) in [5, 5.41) is 6.84. The number of rotatable bonds is 4. The zero-order valence-electron chi connectivity index (χ0n) is 12.4. The van der Waals surface area contributed by atoms with Crippen LogP contribution < -0.4 is 5.32 Å². The maximum atomic E-state index is 12.1. The maximum absolute atomic E-state index is 12.1. The SMILES string of the molecule is Cc1noc(C)c1[C@H](C)CNC(=O)[C@@H]1CC(=O)N(C)C1. The fraction of sp³-hybridized carbons (Fsp3) is 0.643. The Kier molecular flexibility index (Phi) is 4.11.